The van der Waals surface area contributed by atoms with Crippen molar-refractivity contribution in [3.63, 3.8) is 0 Å². The van der Waals surface area contributed by atoms with E-state index in [2.05, 4.69) is 0 Å². The van der Waals surface area contributed by atoms with Crippen LogP contribution in [0.3, 0.4) is 0 Å². The predicted molar refractivity (Wildman–Crippen MR) is 60.5 cm³/mol. The highest BCUT2D eigenvalue weighted by Gasteiger charge is 2.11. The van der Waals surface area contributed by atoms with Gasteiger partial charge in [-0.15, -0.1) is 0 Å². The summed E-state index contributed by atoms with van der Waals surface area (Å²) in [4.78, 5) is 10.9. The fourth-order valence-corrected chi connectivity index (χ4v) is 1.99. The molecule has 1 unspecified atom stereocenters. The quantitative estimate of drug-likeness (QED) is 0.511. The number of thioether (sulfide) groups is 1. The molecular weight excluding hydrogens is 212 g/mol. The summed E-state index contributed by atoms with van der Waals surface area (Å²) >= 11 is 1.56. The molecule has 0 aliphatic heterocycles. The predicted octanol–water partition coefficient (Wildman–Crippen LogP) is 0.752. The van der Waals surface area contributed by atoms with Crippen LogP contribution >= 0.6 is 11.8 Å². The van der Waals surface area contributed by atoms with Crippen LogP contribution in [-0.4, -0.2) is 22.9 Å². The number of carbonyl (C=O) groups is 1. The van der Waals surface area contributed by atoms with Crippen molar-refractivity contribution < 1.29 is 10.0 Å². The lowest BCUT2D eigenvalue weighted by Crippen LogP contribution is -2.40. The standard InChI is InChI=1S/C10H14N2O2S/c11-9(10(13)12-14)7-15-6-8-4-2-1-3-5-8/h1-5,9,14H,6-7,11H2,(H,12,13). The Kier molecular flexibility index (Phi) is 5.17. The van der Waals surface area contributed by atoms with Crippen LogP contribution in [0.15, 0.2) is 30.3 Å². The van der Waals surface area contributed by atoms with Gasteiger partial charge in [0, 0.05) is 11.5 Å². The van der Waals surface area contributed by atoms with Crippen molar-refractivity contribution in [3.8, 4) is 0 Å². The van der Waals surface area contributed by atoms with E-state index >= 15 is 0 Å². The van der Waals surface area contributed by atoms with Gasteiger partial charge in [0.15, 0.2) is 0 Å². The lowest BCUT2D eigenvalue weighted by atomic mass is 10.2. The zero-order valence-corrected chi connectivity index (χ0v) is 9.04. The monoisotopic (exact) mass is 226 g/mol. The highest BCUT2D eigenvalue weighted by atomic mass is 32.2. The molecule has 0 heterocycles. The number of nitrogens with two attached hydrogens (primary N) is 1. The van der Waals surface area contributed by atoms with Crippen molar-refractivity contribution in [3.05, 3.63) is 35.9 Å². The molecule has 1 rings (SSSR count). The Labute approximate surface area is 92.8 Å². The Morgan fingerprint density at radius 2 is 2.13 bits per heavy atom. The van der Waals surface area contributed by atoms with Crippen LogP contribution < -0.4 is 11.2 Å². The molecule has 82 valence electrons. The van der Waals surface area contributed by atoms with Gasteiger partial charge in [-0.2, -0.15) is 11.8 Å². The molecule has 0 saturated carbocycles. The molecule has 4 N–H and O–H groups in total. The van der Waals surface area contributed by atoms with Crippen LogP contribution in [0.4, 0.5) is 0 Å². The van der Waals surface area contributed by atoms with Gasteiger partial charge in [0.25, 0.3) is 5.91 Å². The van der Waals surface area contributed by atoms with Gasteiger partial charge in [0.2, 0.25) is 0 Å². The highest BCUT2D eigenvalue weighted by Crippen LogP contribution is 2.12. The maximum absolute atomic E-state index is 10.9. The first kappa shape index (κ1) is 12.0. The van der Waals surface area contributed by atoms with Crippen LogP contribution in [0.25, 0.3) is 0 Å². The zero-order chi connectivity index (χ0) is 11.1. The van der Waals surface area contributed by atoms with E-state index < -0.39 is 11.9 Å². The first-order valence-corrected chi connectivity index (χ1v) is 5.70. The molecule has 0 spiro atoms. The van der Waals surface area contributed by atoms with Gasteiger partial charge in [-0.05, 0) is 5.56 Å². The molecule has 1 atom stereocenters. The summed E-state index contributed by atoms with van der Waals surface area (Å²) in [5.74, 6) is 0.754. The largest absolute Gasteiger partial charge is 0.319 e. The summed E-state index contributed by atoms with van der Waals surface area (Å²) < 4.78 is 0. The Morgan fingerprint density at radius 3 is 2.73 bits per heavy atom. The first-order chi connectivity index (χ1) is 7.24. The van der Waals surface area contributed by atoms with E-state index in [1.165, 1.54) is 11.0 Å². The van der Waals surface area contributed by atoms with Crippen molar-refractivity contribution in [2.75, 3.05) is 5.75 Å². The second-order valence-electron chi connectivity index (χ2n) is 3.08. The third-order valence-electron chi connectivity index (χ3n) is 1.86. The number of benzene rings is 1. The topological polar surface area (TPSA) is 75.4 Å². The number of hydrogen-bond donors (Lipinski definition) is 3. The average Bonchev–Trinajstić information content (AvgIpc) is 2.29. The van der Waals surface area contributed by atoms with Crippen LogP contribution in [-0.2, 0) is 10.5 Å². The molecule has 0 fully saturated rings. The number of nitrogens with one attached hydrogen (secondary N) is 1. The third-order valence-corrected chi connectivity index (χ3v) is 2.99. The van der Waals surface area contributed by atoms with Crippen LogP contribution in [0.5, 0.6) is 0 Å². The number of carbonyl (C=O) groups excluding carboxylic acids is 1. The fourth-order valence-electron chi connectivity index (χ4n) is 1.04. The molecule has 5 heteroatoms. The van der Waals surface area contributed by atoms with Gasteiger partial charge in [0.05, 0.1) is 6.04 Å². The maximum Gasteiger partial charge on any atom is 0.261 e. The number of rotatable bonds is 5. The van der Waals surface area contributed by atoms with Crippen molar-refractivity contribution in [2.24, 2.45) is 5.73 Å². The Morgan fingerprint density at radius 1 is 1.47 bits per heavy atom. The summed E-state index contributed by atoms with van der Waals surface area (Å²) in [5.41, 5.74) is 8.23. The minimum atomic E-state index is -0.663. The van der Waals surface area contributed by atoms with Gasteiger partial charge < -0.3 is 5.73 Å². The summed E-state index contributed by atoms with van der Waals surface area (Å²) in [5, 5.41) is 8.33. The van der Waals surface area contributed by atoms with Gasteiger partial charge in [-0.25, -0.2) is 5.48 Å². The molecule has 1 aromatic rings. The summed E-state index contributed by atoms with van der Waals surface area (Å²) in [6, 6.07) is 9.27. The third kappa shape index (κ3) is 4.33. The van der Waals surface area contributed by atoms with E-state index in [9.17, 15) is 4.79 Å². The van der Waals surface area contributed by atoms with Crippen molar-refractivity contribution in [1.29, 1.82) is 0 Å². The van der Waals surface area contributed by atoms with Crippen LogP contribution in [0, 0.1) is 0 Å². The van der Waals surface area contributed by atoms with E-state index in [1.54, 1.807) is 11.8 Å². The van der Waals surface area contributed by atoms with Gasteiger partial charge in [-0.1, -0.05) is 30.3 Å². The number of amides is 1. The van der Waals surface area contributed by atoms with Crippen LogP contribution in [0.1, 0.15) is 5.56 Å². The van der Waals surface area contributed by atoms with Gasteiger partial charge in [-0.3, -0.25) is 10.0 Å². The molecule has 0 saturated heterocycles. The minimum absolute atomic E-state index is 0.487. The van der Waals surface area contributed by atoms with E-state index in [0.29, 0.717) is 5.75 Å². The SMILES string of the molecule is NC(CSCc1ccccc1)C(=O)NO. The lowest BCUT2D eigenvalue weighted by Gasteiger charge is -2.08. The molecule has 0 radical (unpaired) electrons. The molecule has 1 amide bonds. The normalized spacial score (nSPS) is 12.1. The molecule has 4 nitrogen and oxygen atoms in total. The number of hydrogen-bond acceptors (Lipinski definition) is 4. The van der Waals surface area contributed by atoms with Crippen molar-refractivity contribution in [2.45, 2.75) is 11.8 Å². The Bertz CT molecular complexity index is 306. The Balaban J connectivity index is 2.25. The highest BCUT2D eigenvalue weighted by molar-refractivity contribution is 7.98. The molecule has 0 bridgehead atoms. The average molecular weight is 226 g/mol. The summed E-state index contributed by atoms with van der Waals surface area (Å²) in [6.45, 7) is 0. The Hall–Kier alpha value is -1.04. The van der Waals surface area contributed by atoms with E-state index in [4.69, 9.17) is 10.9 Å². The smallest absolute Gasteiger partial charge is 0.261 e. The van der Waals surface area contributed by atoms with Gasteiger partial charge in [0.1, 0.15) is 0 Å². The van der Waals surface area contributed by atoms with Crippen molar-refractivity contribution >= 4 is 17.7 Å². The molecule has 0 aliphatic rings. The fraction of sp³-hybridized carbons (Fsp3) is 0.300. The first-order valence-electron chi connectivity index (χ1n) is 4.55. The zero-order valence-electron chi connectivity index (χ0n) is 8.22. The van der Waals surface area contributed by atoms with Crippen molar-refractivity contribution in [1.82, 2.24) is 5.48 Å². The van der Waals surface area contributed by atoms with Gasteiger partial charge >= 0.3 is 0 Å². The van der Waals surface area contributed by atoms with E-state index in [0.717, 1.165) is 5.75 Å². The molecule has 15 heavy (non-hydrogen) atoms. The molecule has 0 aromatic heterocycles. The number of hydroxylamine groups is 1. The molecule has 0 aliphatic carbocycles. The lowest BCUT2D eigenvalue weighted by molar-refractivity contribution is -0.130. The minimum Gasteiger partial charge on any atom is -0.319 e. The maximum atomic E-state index is 10.9. The summed E-state index contributed by atoms with van der Waals surface area (Å²) in [7, 11) is 0. The second-order valence-corrected chi connectivity index (χ2v) is 4.11. The second kappa shape index (κ2) is 6.44. The van der Waals surface area contributed by atoms with E-state index in [1.807, 2.05) is 30.3 Å². The van der Waals surface area contributed by atoms with E-state index in [-0.39, 0.29) is 0 Å². The van der Waals surface area contributed by atoms with Crippen LogP contribution in [0.2, 0.25) is 0 Å². The summed E-state index contributed by atoms with van der Waals surface area (Å²) in [6.07, 6.45) is 0. The molecular formula is C10H14N2O2S. The molecule has 1 aromatic carbocycles.